The predicted octanol–water partition coefficient (Wildman–Crippen LogP) is 1.44. The number of hydrogen-bond acceptors (Lipinski definition) is 5. The highest BCUT2D eigenvalue weighted by Crippen LogP contribution is 2.27. The minimum Gasteiger partial charge on any atom is -0.366 e. The monoisotopic (exact) mass is 378 g/mol. The van der Waals surface area contributed by atoms with Crippen LogP contribution in [0.15, 0.2) is 47.3 Å². The zero-order valence-electron chi connectivity index (χ0n) is 15.9. The summed E-state index contributed by atoms with van der Waals surface area (Å²) >= 11 is 0. The summed E-state index contributed by atoms with van der Waals surface area (Å²) in [6.45, 7) is 4.29. The molecule has 1 amide bonds. The number of piperazine rings is 1. The molecule has 1 aliphatic heterocycles. The van der Waals surface area contributed by atoms with E-state index < -0.39 is 0 Å². The van der Waals surface area contributed by atoms with E-state index >= 15 is 0 Å². The van der Waals surface area contributed by atoms with E-state index in [9.17, 15) is 9.59 Å². The molecule has 3 aromatic rings. The van der Waals surface area contributed by atoms with Crippen LogP contribution in [0.25, 0.3) is 11.3 Å². The molecule has 1 fully saturated rings. The van der Waals surface area contributed by atoms with Crippen LogP contribution in [0.5, 0.6) is 0 Å². The molecule has 0 aliphatic carbocycles. The van der Waals surface area contributed by atoms with Crippen molar-refractivity contribution in [1.29, 1.82) is 0 Å². The van der Waals surface area contributed by atoms with Gasteiger partial charge < -0.3 is 9.80 Å². The first kappa shape index (κ1) is 18.0. The maximum atomic E-state index is 12.8. The Kier molecular flexibility index (Phi) is 4.68. The highest BCUT2D eigenvalue weighted by Gasteiger charge is 2.26. The van der Waals surface area contributed by atoms with E-state index in [1.54, 1.807) is 17.8 Å². The van der Waals surface area contributed by atoms with E-state index in [4.69, 9.17) is 0 Å². The van der Waals surface area contributed by atoms with Crippen LogP contribution >= 0.6 is 0 Å². The lowest BCUT2D eigenvalue weighted by molar-refractivity contribution is 0.0735. The van der Waals surface area contributed by atoms with Crippen molar-refractivity contribution in [2.75, 3.05) is 31.1 Å². The Hall–Kier alpha value is -3.42. The lowest BCUT2D eigenvalue weighted by Gasteiger charge is -2.36. The molecule has 28 heavy (non-hydrogen) atoms. The molecule has 3 heterocycles. The number of carbonyl (C=O) groups excluding carboxylic acids is 1. The number of H-pyrrole nitrogens is 1. The maximum Gasteiger partial charge on any atom is 0.272 e. The first-order valence-corrected chi connectivity index (χ1v) is 9.23. The maximum absolute atomic E-state index is 12.8. The van der Waals surface area contributed by atoms with Crippen molar-refractivity contribution >= 4 is 11.6 Å². The summed E-state index contributed by atoms with van der Waals surface area (Å²) in [5.41, 5.74) is 3.65. The highest BCUT2D eigenvalue weighted by atomic mass is 16.2. The number of aromatic nitrogens is 4. The third-order valence-electron chi connectivity index (χ3n) is 4.96. The number of rotatable bonds is 3. The number of anilines is 1. The summed E-state index contributed by atoms with van der Waals surface area (Å²) in [5, 5.41) is 11.1. The molecule has 0 saturated carbocycles. The van der Waals surface area contributed by atoms with E-state index in [0.717, 1.165) is 22.6 Å². The fourth-order valence-electron chi connectivity index (χ4n) is 3.57. The first-order chi connectivity index (χ1) is 13.5. The van der Waals surface area contributed by atoms with Crippen LogP contribution in [0.2, 0.25) is 0 Å². The van der Waals surface area contributed by atoms with E-state index in [-0.39, 0.29) is 11.5 Å². The molecule has 0 bridgehead atoms. The minimum atomic E-state index is -0.237. The quantitative estimate of drug-likeness (QED) is 0.745. The van der Waals surface area contributed by atoms with Crippen molar-refractivity contribution < 1.29 is 4.79 Å². The molecule has 4 rings (SSSR count). The second-order valence-electron chi connectivity index (χ2n) is 6.91. The second kappa shape index (κ2) is 7.30. The molecular formula is C20H22N6O2. The zero-order chi connectivity index (χ0) is 19.7. The second-order valence-corrected chi connectivity index (χ2v) is 6.91. The molecular weight excluding hydrogens is 356 g/mol. The molecule has 8 nitrogen and oxygen atoms in total. The van der Waals surface area contributed by atoms with Crippen molar-refractivity contribution in [2.24, 2.45) is 7.05 Å². The number of aromatic amines is 1. The fraction of sp³-hybridized carbons (Fsp3) is 0.300. The topological polar surface area (TPSA) is 87.1 Å². The number of hydrogen-bond donors (Lipinski definition) is 1. The number of nitrogens with zero attached hydrogens (tertiary/aromatic N) is 5. The predicted molar refractivity (Wildman–Crippen MR) is 106 cm³/mol. The lowest BCUT2D eigenvalue weighted by atomic mass is 10.1. The van der Waals surface area contributed by atoms with E-state index in [0.29, 0.717) is 31.9 Å². The van der Waals surface area contributed by atoms with Crippen molar-refractivity contribution in [1.82, 2.24) is 24.9 Å². The van der Waals surface area contributed by atoms with Crippen LogP contribution in [0.1, 0.15) is 16.2 Å². The van der Waals surface area contributed by atoms with Crippen LogP contribution in [0, 0.1) is 6.92 Å². The van der Waals surface area contributed by atoms with Gasteiger partial charge in [-0.05, 0) is 13.0 Å². The third kappa shape index (κ3) is 3.40. The van der Waals surface area contributed by atoms with Crippen LogP contribution in [-0.2, 0) is 7.05 Å². The smallest absolute Gasteiger partial charge is 0.272 e. The highest BCUT2D eigenvalue weighted by molar-refractivity contribution is 5.93. The molecule has 1 aliphatic rings. The van der Waals surface area contributed by atoms with Gasteiger partial charge in [-0.15, -0.1) is 0 Å². The van der Waals surface area contributed by atoms with Crippen molar-refractivity contribution in [3.05, 3.63) is 64.2 Å². The normalized spacial score (nSPS) is 14.4. The summed E-state index contributed by atoms with van der Waals surface area (Å²) in [5.74, 6) is -0.0185. The summed E-state index contributed by atoms with van der Waals surface area (Å²) < 4.78 is 1.62. The first-order valence-electron chi connectivity index (χ1n) is 9.23. The van der Waals surface area contributed by atoms with Gasteiger partial charge in [0.25, 0.3) is 11.5 Å². The number of nitrogens with one attached hydrogen (secondary N) is 1. The Balaban J connectivity index is 1.54. The van der Waals surface area contributed by atoms with Gasteiger partial charge in [0, 0.05) is 44.9 Å². The average Bonchev–Trinajstić information content (AvgIpc) is 3.06. The molecule has 0 atom stereocenters. The number of amides is 1. The van der Waals surface area contributed by atoms with Crippen LogP contribution in [0.4, 0.5) is 5.69 Å². The van der Waals surface area contributed by atoms with E-state index in [1.807, 2.05) is 48.2 Å². The molecule has 144 valence electrons. The molecule has 1 aromatic carbocycles. The minimum absolute atomic E-state index is 0.0185. The summed E-state index contributed by atoms with van der Waals surface area (Å²) in [6.07, 6.45) is 0. The lowest BCUT2D eigenvalue weighted by Crippen LogP contribution is -2.49. The standard InChI is InChI=1S/C20H22N6O2/c1-14-12-17(24(2)23-14)20(28)26-10-8-25(9-11-26)16-13-18(27)21-22-19(16)15-6-4-3-5-7-15/h3-7,12-13H,8-11H2,1-2H3,(H,21,27). The van der Waals surface area contributed by atoms with E-state index in [2.05, 4.69) is 20.2 Å². The molecule has 0 spiro atoms. The van der Waals surface area contributed by atoms with Crippen LogP contribution in [-0.4, -0.2) is 57.0 Å². The van der Waals surface area contributed by atoms with Gasteiger partial charge in [-0.1, -0.05) is 30.3 Å². The fourth-order valence-corrected chi connectivity index (χ4v) is 3.57. The molecule has 0 radical (unpaired) electrons. The molecule has 1 N–H and O–H groups in total. The summed E-state index contributed by atoms with van der Waals surface area (Å²) in [7, 11) is 1.78. The van der Waals surface area contributed by atoms with E-state index in [1.165, 1.54) is 0 Å². The van der Waals surface area contributed by atoms with Gasteiger partial charge in [0.15, 0.2) is 0 Å². The third-order valence-corrected chi connectivity index (χ3v) is 4.96. The van der Waals surface area contributed by atoms with Gasteiger partial charge >= 0.3 is 0 Å². The zero-order valence-corrected chi connectivity index (χ0v) is 15.9. The Morgan fingerprint density at radius 2 is 1.79 bits per heavy atom. The Labute approximate surface area is 162 Å². The van der Waals surface area contributed by atoms with Gasteiger partial charge in [-0.3, -0.25) is 14.3 Å². The molecule has 8 heteroatoms. The van der Waals surface area contributed by atoms with Gasteiger partial charge in [-0.2, -0.15) is 10.2 Å². The largest absolute Gasteiger partial charge is 0.366 e. The van der Waals surface area contributed by atoms with Crippen molar-refractivity contribution in [3.63, 3.8) is 0 Å². The summed E-state index contributed by atoms with van der Waals surface area (Å²) in [4.78, 5) is 28.6. The van der Waals surface area contributed by atoms with Crippen molar-refractivity contribution in [3.8, 4) is 11.3 Å². The number of aryl methyl sites for hydroxylation is 2. The molecule has 2 aromatic heterocycles. The molecule has 1 saturated heterocycles. The van der Waals surface area contributed by atoms with Crippen LogP contribution in [0.3, 0.4) is 0 Å². The van der Waals surface area contributed by atoms with Crippen molar-refractivity contribution in [2.45, 2.75) is 6.92 Å². The van der Waals surface area contributed by atoms with Gasteiger partial charge in [-0.25, -0.2) is 5.10 Å². The number of benzene rings is 1. The summed E-state index contributed by atoms with van der Waals surface area (Å²) in [6, 6.07) is 13.2. The Bertz CT molecular complexity index is 1050. The average molecular weight is 378 g/mol. The SMILES string of the molecule is Cc1cc(C(=O)N2CCN(c3cc(=O)[nH]nc3-c3ccccc3)CC2)n(C)n1. The Morgan fingerprint density at radius 3 is 2.43 bits per heavy atom. The number of carbonyl (C=O) groups is 1. The van der Waals surface area contributed by atoms with Gasteiger partial charge in [0.2, 0.25) is 0 Å². The van der Waals surface area contributed by atoms with Gasteiger partial charge in [0.1, 0.15) is 11.4 Å². The Morgan fingerprint density at radius 1 is 1.07 bits per heavy atom. The van der Waals surface area contributed by atoms with Crippen LogP contribution < -0.4 is 10.5 Å². The van der Waals surface area contributed by atoms with Gasteiger partial charge in [0.05, 0.1) is 11.4 Å². The molecule has 0 unspecified atom stereocenters.